The van der Waals surface area contributed by atoms with Gasteiger partial charge in [-0.15, -0.1) is 0 Å². The van der Waals surface area contributed by atoms with Crippen LogP contribution < -0.4 is 19.5 Å². The summed E-state index contributed by atoms with van der Waals surface area (Å²) in [7, 11) is 1.67. The molecular formula is C16H23NO3S. The number of rotatable bonds is 6. The van der Waals surface area contributed by atoms with Gasteiger partial charge in [-0.05, 0) is 36.3 Å². The summed E-state index contributed by atoms with van der Waals surface area (Å²) in [6.07, 6.45) is 3.94. The Bertz CT molecular complexity index is 495. The number of methoxy groups -OCH3 is 1. The Kier molecular flexibility index (Phi) is 4.80. The van der Waals surface area contributed by atoms with Gasteiger partial charge in [0, 0.05) is 17.8 Å². The molecule has 0 bridgehead atoms. The summed E-state index contributed by atoms with van der Waals surface area (Å²) in [5.41, 5.74) is 1.18. The van der Waals surface area contributed by atoms with Crippen molar-refractivity contribution in [3.63, 3.8) is 0 Å². The number of ether oxygens (including phenoxy) is 3. The standard InChI is InChI=1S/C16H23NO3S/c1-3-21-15-6-4-5-12(15)17-9-11-7-13(18-2)16-14(8-11)19-10-20-16/h7-8,12,15,17H,3-6,9-10H2,1-2H3. The minimum atomic E-state index is 0.278. The Morgan fingerprint density at radius 2 is 2.24 bits per heavy atom. The smallest absolute Gasteiger partial charge is 0.231 e. The maximum Gasteiger partial charge on any atom is 0.231 e. The molecule has 0 aromatic heterocycles. The van der Waals surface area contributed by atoms with Crippen molar-refractivity contribution in [3.05, 3.63) is 17.7 Å². The fourth-order valence-electron chi connectivity index (χ4n) is 3.11. The largest absolute Gasteiger partial charge is 0.493 e. The van der Waals surface area contributed by atoms with Crippen LogP contribution in [0.25, 0.3) is 0 Å². The second-order valence-corrected chi connectivity index (χ2v) is 6.96. The minimum Gasteiger partial charge on any atom is -0.493 e. The van der Waals surface area contributed by atoms with Gasteiger partial charge in [-0.1, -0.05) is 13.3 Å². The van der Waals surface area contributed by atoms with Gasteiger partial charge >= 0.3 is 0 Å². The Balaban J connectivity index is 1.65. The van der Waals surface area contributed by atoms with Crippen LogP contribution in [0.3, 0.4) is 0 Å². The molecule has 0 radical (unpaired) electrons. The monoisotopic (exact) mass is 309 g/mol. The number of thioether (sulfide) groups is 1. The molecular weight excluding hydrogens is 286 g/mol. The first-order valence-electron chi connectivity index (χ1n) is 7.63. The molecule has 116 valence electrons. The van der Waals surface area contributed by atoms with Gasteiger partial charge in [-0.25, -0.2) is 0 Å². The van der Waals surface area contributed by atoms with E-state index in [1.54, 1.807) is 7.11 Å². The molecule has 0 amide bonds. The summed E-state index contributed by atoms with van der Waals surface area (Å²) >= 11 is 2.08. The lowest BCUT2D eigenvalue weighted by molar-refractivity contribution is 0.171. The third-order valence-corrected chi connectivity index (χ3v) is 5.45. The van der Waals surface area contributed by atoms with E-state index in [-0.39, 0.29) is 6.79 Å². The van der Waals surface area contributed by atoms with Gasteiger partial charge in [0.05, 0.1) is 7.11 Å². The quantitative estimate of drug-likeness (QED) is 0.874. The molecule has 2 unspecified atom stereocenters. The van der Waals surface area contributed by atoms with Crippen LogP contribution in [-0.2, 0) is 6.54 Å². The molecule has 1 saturated carbocycles. The molecule has 0 spiro atoms. The van der Waals surface area contributed by atoms with Crippen molar-refractivity contribution < 1.29 is 14.2 Å². The molecule has 1 aliphatic carbocycles. The van der Waals surface area contributed by atoms with Crippen LogP contribution in [0.5, 0.6) is 17.2 Å². The van der Waals surface area contributed by atoms with E-state index in [0.29, 0.717) is 6.04 Å². The molecule has 3 rings (SSSR count). The lowest BCUT2D eigenvalue weighted by Crippen LogP contribution is -2.33. The van der Waals surface area contributed by atoms with Gasteiger partial charge in [-0.2, -0.15) is 11.8 Å². The van der Waals surface area contributed by atoms with E-state index in [1.165, 1.54) is 30.6 Å². The zero-order valence-electron chi connectivity index (χ0n) is 12.7. The van der Waals surface area contributed by atoms with Crippen molar-refractivity contribution in [1.29, 1.82) is 0 Å². The highest BCUT2D eigenvalue weighted by Crippen LogP contribution is 2.42. The SMILES string of the molecule is CCSC1CCCC1NCc1cc(OC)c2c(c1)OCO2. The summed E-state index contributed by atoms with van der Waals surface area (Å²) in [4.78, 5) is 0. The summed E-state index contributed by atoms with van der Waals surface area (Å²) in [5, 5.41) is 4.46. The maximum atomic E-state index is 5.48. The third-order valence-electron chi connectivity index (χ3n) is 4.12. The van der Waals surface area contributed by atoms with Gasteiger partial charge in [0.2, 0.25) is 12.5 Å². The molecule has 1 N–H and O–H groups in total. The van der Waals surface area contributed by atoms with Crippen LogP contribution in [0.4, 0.5) is 0 Å². The molecule has 21 heavy (non-hydrogen) atoms. The van der Waals surface area contributed by atoms with Crippen LogP contribution in [0, 0.1) is 0 Å². The van der Waals surface area contributed by atoms with Gasteiger partial charge < -0.3 is 19.5 Å². The fraction of sp³-hybridized carbons (Fsp3) is 0.625. The second kappa shape index (κ2) is 6.79. The number of fused-ring (bicyclic) bond motifs is 1. The lowest BCUT2D eigenvalue weighted by Gasteiger charge is -2.20. The highest BCUT2D eigenvalue weighted by Gasteiger charge is 2.27. The average Bonchev–Trinajstić information content (AvgIpc) is 3.13. The van der Waals surface area contributed by atoms with E-state index in [0.717, 1.165) is 29.0 Å². The van der Waals surface area contributed by atoms with Crippen molar-refractivity contribution in [1.82, 2.24) is 5.32 Å². The Morgan fingerprint density at radius 3 is 3.05 bits per heavy atom. The first kappa shape index (κ1) is 14.9. The molecule has 1 aromatic rings. The zero-order valence-corrected chi connectivity index (χ0v) is 13.5. The number of nitrogens with one attached hydrogen (secondary N) is 1. The van der Waals surface area contributed by atoms with Gasteiger partial charge in [0.25, 0.3) is 0 Å². The van der Waals surface area contributed by atoms with E-state index in [9.17, 15) is 0 Å². The molecule has 1 aromatic carbocycles. The molecule has 2 aliphatic rings. The molecule has 2 atom stereocenters. The second-order valence-electron chi connectivity index (χ2n) is 5.44. The zero-order chi connectivity index (χ0) is 14.7. The van der Waals surface area contributed by atoms with E-state index < -0.39 is 0 Å². The van der Waals surface area contributed by atoms with Crippen LogP contribution in [-0.4, -0.2) is 30.9 Å². The van der Waals surface area contributed by atoms with E-state index in [1.807, 2.05) is 6.07 Å². The Labute approximate surface area is 130 Å². The molecule has 1 fully saturated rings. The summed E-state index contributed by atoms with van der Waals surface area (Å²) in [5.74, 6) is 3.46. The number of benzene rings is 1. The summed E-state index contributed by atoms with van der Waals surface area (Å²) < 4.78 is 16.3. The average molecular weight is 309 g/mol. The molecule has 1 aliphatic heterocycles. The first-order chi connectivity index (χ1) is 10.3. The summed E-state index contributed by atoms with van der Waals surface area (Å²) in [6, 6.07) is 4.71. The topological polar surface area (TPSA) is 39.7 Å². The summed E-state index contributed by atoms with van der Waals surface area (Å²) in [6.45, 7) is 3.36. The molecule has 4 nitrogen and oxygen atoms in total. The lowest BCUT2D eigenvalue weighted by atomic mass is 10.1. The Hall–Kier alpha value is -1.07. The fourth-order valence-corrected chi connectivity index (χ4v) is 4.33. The van der Waals surface area contributed by atoms with Crippen LogP contribution in [0.2, 0.25) is 0 Å². The van der Waals surface area contributed by atoms with Crippen LogP contribution in [0.1, 0.15) is 31.7 Å². The van der Waals surface area contributed by atoms with Crippen molar-refractivity contribution in [2.45, 2.75) is 44.0 Å². The van der Waals surface area contributed by atoms with E-state index in [4.69, 9.17) is 14.2 Å². The van der Waals surface area contributed by atoms with Crippen LogP contribution >= 0.6 is 11.8 Å². The third kappa shape index (κ3) is 3.24. The number of hydrogen-bond donors (Lipinski definition) is 1. The predicted octanol–water partition coefficient (Wildman–Crippen LogP) is 3.19. The van der Waals surface area contributed by atoms with Crippen molar-refractivity contribution >= 4 is 11.8 Å². The van der Waals surface area contributed by atoms with Gasteiger partial charge in [-0.3, -0.25) is 0 Å². The molecule has 1 heterocycles. The van der Waals surface area contributed by atoms with Gasteiger partial charge in [0.15, 0.2) is 11.5 Å². The highest BCUT2D eigenvalue weighted by molar-refractivity contribution is 7.99. The van der Waals surface area contributed by atoms with E-state index in [2.05, 4.69) is 30.1 Å². The minimum absolute atomic E-state index is 0.278. The van der Waals surface area contributed by atoms with Crippen molar-refractivity contribution in [2.24, 2.45) is 0 Å². The molecule has 5 heteroatoms. The predicted molar refractivity (Wildman–Crippen MR) is 85.5 cm³/mol. The van der Waals surface area contributed by atoms with E-state index >= 15 is 0 Å². The normalized spacial score (nSPS) is 23.5. The maximum absolute atomic E-state index is 5.48. The first-order valence-corrected chi connectivity index (χ1v) is 8.68. The number of hydrogen-bond acceptors (Lipinski definition) is 5. The van der Waals surface area contributed by atoms with Crippen molar-refractivity contribution in [2.75, 3.05) is 19.7 Å². The highest BCUT2D eigenvalue weighted by atomic mass is 32.2. The molecule has 0 saturated heterocycles. The van der Waals surface area contributed by atoms with Gasteiger partial charge in [0.1, 0.15) is 0 Å². The van der Waals surface area contributed by atoms with Crippen molar-refractivity contribution in [3.8, 4) is 17.2 Å². The van der Waals surface area contributed by atoms with Crippen LogP contribution in [0.15, 0.2) is 12.1 Å². The Morgan fingerprint density at radius 1 is 1.33 bits per heavy atom.